The van der Waals surface area contributed by atoms with Crippen LogP contribution in [-0.2, 0) is 9.63 Å². The average molecular weight is 206 g/mol. The molecule has 1 aliphatic rings. The van der Waals surface area contributed by atoms with E-state index in [1.807, 2.05) is 0 Å². The van der Waals surface area contributed by atoms with Crippen molar-refractivity contribution in [2.24, 2.45) is 11.0 Å². The number of carboxylic acids is 1. The number of hydrogen-bond acceptors (Lipinski definition) is 6. The number of oxime groups is 1. The van der Waals surface area contributed by atoms with Gasteiger partial charge >= 0.3 is 5.97 Å². The Balaban J connectivity index is 2.66. The molecule has 0 saturated carbocycles. The Hall–Kier alpha value is -0.990. The second kappa shape index (κ2) is 4.30. The van der Waals surface area contributed by atoms with Crippen molar-refractivity contribution in [1.82, 2.24) is 9.31 Å². The second-order valence-electron chi connectivity index (χ2n) is 2.26. The topological polar surface area (TPSA) is 91.4 Å². The van der Waals surface area contributed by atoms with Gasteiger partial charge in [-0.1, -0.05) is 5.16 Å². The molecular formula is C5H10N4O3S. The van der Waals surface area contributed by atoms with Gasteiger partial charge in [0.25, 0.3) is 5.84 Å². The molecule has 0 atom stereocenters. The molecule has 0 unspecified atom stereocenters. The summed E-state index contributed by atoms with van der Waals surface area (Å²) < 4.78 is 1.42. The molecule has 0 bridgehead atoms. The summed E-state index contributed by atoms with van der Waals surface area (Å²) in [5, 5.41) is 12.1. The third-order valence-corrected chi connectivity index (χ3v) is 2.23. The summed E-state index contributed by atoms with van der Waals surface area (Å²) in [4.78, 5) is 16.6. The van der Waals surface area contributed by atoms with Crippen molar-refractivity contribution in [2.45, 2.75) is 0 Å². The number of aliphatic carboxylic acids is 1. The fourth-order valence-electron chi connectivity index (χ4n) is 0.840. The van der Waals surface area contributed by atoms with Gasteiger partial charge in [-0.2, -0.15) is 4.41 Å². The molecule has 0 aliphatic carbocycles. The van der Waals surface area contributed by atoms with Gasteiger partial charge in [-0.15, -0.1) is 0 Å². The van der Waals surface area contributed by atoms with Gasteiger partial charge in [-0.3, -0.25) is 5.84 Å². The second-order valence-corrected chi connectivity index (χ2v) is 3.24. The normalized spacial score (nSPS) is 19.2. The standard InChI is InChI=1S/C5H10N4O3S/c1-12-7-4(5(10)11)8-2-9(6)13-3-8/h2-3,6H2,1H3,(H,10,11). The van der Waals surface area contributed by atoms with Crippen molar-refractivity contribution < 1.29 is 14.7 Å². The minimum atomic E-state index is -1.13. The number of amidine groups is 1. The molecule has 0 radical (unpaired) electrons. The van der Waals surface area contributed by atoms with Crippen LogP contribution in [0.15, 0.2) is 5.16 Å². The summed E-state index contributed by atoms with van der Waals surface area (Å²) in [6.45, 7) is 0.319. The van der Waals surface area contributed by atoms with Crippen LogP contribution in [0.3, 0.4) is 0 Å². The van der Waals surface area contributed by atoms with E-state index in [4.69, 9.17) is 10.9 Å². The summed E-state index contributed by atoms with van der Waals surface area (Å²) in [6, 6.07) is 0. The lowest BCUT2D eigenvalue weighted by Crippen LogP contribution is -2.37. The predicted octanol–water partition coefficient (Wildman–Crippen LogP) is -0.915. The van der Waals surface area contributed by atoms with Gasteiger partial charge < -0.3 is 14.8 Å². The summed E-state index contributed by atoms with van der Waals surface area (Å²) in [5.41, 5.74) is 0. The summed E-state index contributed by atoms with van der Waals surface area (Å²) in [7, 11) is 1.30. The van der Waals surface area contributed by atoms with Gasteiger partial charge in [0.15, 0.2) is 0 Å². The zero-order valence-electron chi connectivity index (χ0n) is 7.01. The zero-order chi connectivity index (χ0) is 9.84. The highest BCUT2D eigenvalue weighted by Gasteiger charge is 2.26. The molecule has 1 heterocycles. The Morgan fingerprint density at radius 1 is 1.77 bits per heavy atom. The maximum atomic E-state index is 10.7. The van der Waals surface area contributed by atoms with Crippen molar-refractivity contribution in [3.05, 3.63) is 0 Å². The number of rotatable bonds is 1. The van der Waals surface area contributed by atoms with Crippen LogP contribution in [0.5, 0.6) is 0 Å². The lowest BCUT2D eigenvalue weighted by Gasteiger charge is -2.14. The van der Waals surface area contributed by atoms with Crippen LogP contribution in [0.4, 0.5) is 0 Å². The molecule has 1 aliphatic heterocycles. The molecule has 0 aromatic rings. The number of nitrogens with zero attached hydrogens (tertiary/aromatic N) is 3. The summed E-state index contributed by atoms with van der Waals surface area (Å²) >= 11 is 1.31. The first-order valence-corrected chi connectivity index (χ1v) is 4.34. The Bertz CT molecular complexity index is 234. The van der Waals surface area contributed by atoms with Crippen molar-refractivity contribution in [3.8, 4) is 0 Å². The molecule has 0 aromatic carbocycles. The van der Waals surface area contributed by atoms with E-state index in [1.54, 1.807) is 0 Å². The molecule has 0 spiro atoms. The highest BCUT2D eigenvalue weighted by Crippen LogP contribution is 2.16. The average Bonchev–Trinajstić information content (AvgIpc) is 2.46. The molecule has 8 heteroatoms. The van der Waals surface area contributed by atoms with Gasteiger partial charge in [0.1, 0.15) is 7.11 Å². The highest BCUT2D eigenvalue weighted by molar-refractivity contribution is 7.97. The lowest BCUT2D eigenvalue weighted by molar-refractivity contribution is -0.130. The van der Waals surface area contributed by atoms with Crippen LogP contribution in [0, 0.1) is 0 Å². The van der Waals surface area contributed by atoms with Gasteiger partial charge in [-0.05, 0) is 11.9 Å². The minimum Gasteiger partial charge on any atom is -0.475 e. The molecule has 13 heavy (non-hydrogen) atoms. The van der Waals surface area contributed by atoms with E-state index in [9.17, 15) is 4.79 Å². The van der Waals surface area contributed by atoms with Gasteiger partial charge in [0.2, 0.25) is 0 Å². The molecule has 1 fully saturated rings. The van der Waals surface area contributed by atoms with Crippen LogP contribution in [0.2, 0.25) is 0 Å². The van der Waals surface area contributed by atoms with Crippen molar-refractivity contribution in [3.63, 3.8) is 0 Å². The maximum absolute atomic E-state index is 10.7. The van der Waals surface area contributed by atoms with E-state index >= 15 is 0 Å². The van der Waals surface area contributed by atoms with Crippen LogP contribution in [0.25, 0.3) is 0 Å². The van der Waals surface area contributed by atoms with Crippen molar-refractivity contribution >= 4 is 23.8 Å². The molecule has 0 amide bonds. The van der Waals surface area contributed by atoms with Crippen LogP contribution >= 0.6 is 11.9 Å². The lowest BCUT2D eigenvalue weighted by atomic mass is 10.5. The number of hydrazine groups is 1. The zero-order valence-corrected chi connectivity index (χ0v) is 7.82. The highest BCUT2D eigenvalue weighted by atomic mass is 32.2. The largest absolute Gasteiger partial charge is 0.475 e. The number of nitrogens with two attached hydrogens (primary N) is 1. The van der Waals surface area contributed by atoms with E-state index in [0.29, 0.717) is 12.5 Å². The van der Waals surface area contributed by atoms with Crippen molar-refractivity contribution in [2.75, 3.05) is 19.7 Å². The molecule has 3 N–H and O–H groups in total. The minimum absolute atomic E-state index is 0.136. The molecule has 74 valence electrons. The van der Waals surface area contributed by atoms with E-state index in [0.717, 1.165) is 0 Å². The van der Waals surface area contributed by atoms with Crippen LogP contribution in [0.1, 0.15) is 0 Å². The van der Waals surface area contributed by atoms with Crippen molar-refractivity contribution in [1.29, 1.82) is 0 Å². The van der Waals surface area contributed by atoms with Gasteiger partial charge in [-0.25, -0.2) is 4.79 Å². The quantitative estimate of drug-likeness (QED) is 0.188. The molecule has 1 rings (SSSR count). The smallest absolute Gasteiger partial charge is 0.375 e. The van der Waals surface area contributed by atoms with Crippen LogP contribution in [-0.4, -0.2) is 45.9 Å². The molecule has 0 aromatic heterocycles. The fraction of sp³-hybridized carbons (Fsp3) is 0.600. The summed E-state index contributed by atoms with van der Waals surface area (Å²) in [5.74, 6) is 4.63. The Morgan fingerprint density at radius 2 is 2.46 bits per heavy atom. The first kappa shape index (κ1) is 10.1. The molecule has 7 nitrogen and oxygen atoms in total. The number of hydrogen-bond donors (Lipinski definition) is 2. The first-order chi connectivity index (χ1) is 6.15. The van der Waals surface area contributed by atoms with E-state index in [1.165, 1.54) is 28.4 Å². The van der Waals surface area contributed by atoms with Crippen LogP contribution < -0.4 is 5.84 Å². The third-order valence-electron chi connectivity index (χ3n) is 1.36. The SMILES string of the molecule is CON=C(C(=O)O)N1CSN(N)C1. The van der Waals surface area contributed by atoms with Gasteiger partial charge in [0.05, 0.1) is 12.5 Å². The van der Waals surface area contributed by atoms with E-state index in [-0.39, 0.29) is 5.84 Å². The van der Waals surface area contributed by atoms with E-state index in [2.05, 4.69) is 9.99 Å². The molecular weight excluding hydrogens is 196 g/mol. The number of carbonyl (C=O) groups is 1. The monoisotopic (exact) mass is 206 g/mol. The Morgan fingerprint density at radius 3 is 2.85 bits per heavy atom. The Kier molecular flexibility index (Phi) is 3.34. The first-order valence-electron chi connectivity index (χ1n) is 3.39. The maximum Gasteiger partial charge on any atom is 0.375 e. The third kappa shape index (κ3) is 2.47. The fourth-order valence-corrected chi connectivity index (χ4v) is 1.55. The van der Waals surface area contributed by atoms with E-state index < -0.39 is 5.97 Å². The predicted molar refractivity (Wildman–Crippen MR) is 47.3 cm³/mol. The number of carboxylic acid groups (broad SMARTS) is 1. The Labute approximate surface area is 79.2 Å². The summed E-state index contributed by atoms with van der Waals surface area (Å²) in [6.07, 6.45) is 0. The van der Waals surface area contributed by atoms with Gasteiger partial charge in [0, 0.05) is 0 Å². The molecule has 1 saturated heterocycles.